The number of aromatic hydroxyl groups is 1. The Morgan fingerprint density at radius 2 is 1.62 bits per heavy atom. The summed E-state index contributed by atoms with van der Waals surface area (Å²) in [5.74, 6) is 1.85. The number of carbonyl (C=O) groups is 1. The fourth-order valence-corrected chi connectivity index (χ4v) is 4.21. The number of allylic oxidation sites excluding steroid dienone is 1. The average molecular weight is 437 g/mol. The van der Waals surface area contributed by atoms with Gasteiger partial charge in [-0.25, -0.2) is 0 Å². The minimum atomic E-state index is -0.130. The van der Waals surface area contributed by atoms with E-state index >= 15 is 0 Å². The third-order valence-electron chi connectivity index (χ3n) is 5.56. The first-order valence-corrected chi connectivity index (χ1v) is 11.4. The van der Waals surface area contributed by atoms with Gasteiger partial charge in [-0.3, -0.25) is 9.69 Å². The molecule has 2 aromatic carbocycles. The van der Waals surface area contributed by atoms with E-state index in [9.17, 15) is 9.90 Å². The molecule has 3 rings (SSSR count). The second-order valence-electron chi connectivity index (χ2n) is 9.80. The van der Waals surface area contributed by atoms with Gasteiger partial charge in [-0.1, -0.05) is 39.8 Å². The number of fused-ring (bicyclic) bond motifs is 1. The van der Waals surface area contributed by atoms with E-state index in [4.69, 9.17) is 4.74 Å². The molecule has 0 atom stereocenters. The molecule has 5 nitrogen and oxygen atoms in total. The highest BCUT2D eigenvalue weighted by atomic mass is 16.5. The number of ketones is 1. The predicted octanol–water partition coefficient (Wildman–Crippen LogP) is 5.50. The van der Waals surface area contributed by atoms with Crippen LogP contribution in [0.4, 0.5) is 5.69 Å². The minimum Gasteiger partial charge on any atom is -0.507 e. The predicted molar refractivity (Wildman–Crippen MR) is 132 cm³/mol. The van der Waals surface area contributed by atoms with Crippen LogP contribution in [0.5, 0.6) is 11.5 Å². The van der Waals surface area contributed by atoms with Gasteiger partial charge in [0.25, 0.3) is 0 Å². The minimum absolute atomic E-state index is 0.130. The number of benzene rings is 2. The number of carbonyl (C=O) groups excluding carboxylic acids is 1. The van der Waals surface area contributed by atoms with Gasteiger partial charge in [-0.2, -0.15) is 0 Å². The molecule has 1 aliphatic rings. The second kappa shape index (κ2) is 9.78. The summed E-state index contributed by atoms with van der Waals surface area (Å²) in [6, 6.07) is 9.65. The number of hydrogen-bond donors (Lipinski definition) is 1. The van der Waals surface area contributed by atoms with Crippen LogP contribution < -0.4 is 9.64 Å². The molecular weight excluding hydrogens is 400 g/mol. The van der Waals surface area contributed by atoms with Gasteiger partial charge >= 0.3 is 0 Å². The molecule has 2 aromatic rings. The van der Waals surface area contributed by atoms with E-state index < -0.39 is 0 Å². The van der Waals surface area contributed by atoms with Crippen molar-refractivity contribution in [3.05, 3.63) is 58.3 Å². The molecular formula is C27H36N2O3. The Bertz CT molecular complexity index is 995. The molecule has 32 heavy (non-hydrogen) atoms. The first-order chi connectivity index (χ1) is 15.1. The summed E-state index contributed by atoms with van der Waals surface area (Å²) in [7, 11) is 3.98. The number of phenols is 1. The van der Waals surface area contributed by atoms with Gasteiger partial charge in [-0.15, -0.1) is 0 Å². The van der Waals surface area contributed by atoms with E-state index in [-0.39, 0.29) is 11.5 Å². The summed E-state index contributed by atoms with van der Waals surface area (Å²) < 4.78 is 6.12. The van der Waals surface area contributed by atoms with Crippen molar-refractivity contribution >= 4 is 17.5 Å². The first kappa shape index (κ1) is 23.9. The molecule has 1 aliphatic heterocycles. The Balaban J connectivity index is 1.95. The number of nitrogens with zero attached hydrogens (tertiary/aromatic N) is 2. The highest BCUT2D eigenvalue weighted by molar-refractivity contribution is 6.15. The fraction of sp³-hybridized carbons (Fsp3) is 0.444. The van der Waals surface area contributed by atoms with Crippen LogP contribution in [-0.4, -0.2) is 43.0 Å². The number of hydrogen-bond acceptors (Lipinski definition) is 5. The zero-order valence-electron chi connectivity index (χ0n) is 20.4. The molecule has 0 saturated heterocycles. The van der Waals surface area contributed by atoms with Crippen molar-refractivity contribution in [1.29, 1.82) is 0 Å². The number of aryl methyl sites for hydroxylation is 1. The number of phenolic OH excluding ortho intramolecular Hbond substituents is 1. The van der Waals surface area contributed by atoms with Crippen molar-refractivity contribution in [2.45, 2.75) is 41.2 Å². The standard InChI is InChI=1S/C27H36N2O3/c1-17(2)14-29(15-18(3)4)16-22-23(30)12-19(5)25-26(31)24(32-27(22)25)13-20-8-10-21(11-9-20)28(6)7/h8-13,17-18,30H,14-16H2,1-7H3/b24-13+. The van der Waals surface area contributed by atoms with Gasteiger partial charge in [0.15, 0.2) is 5.76 Å². The van der Waals surface area contributed by atoms with Crippen LogP contribution in [0.25, 0.3) is 6.08 Å². The fourth-order valence-electron chi connectivity index (χ4n) is 4.21. The molecule has 0 bridgehead atoms. The molecule has 0 spiro atoms. The summed E-state index contributed by atoms with van der Waals surface area (Å²) in [6.45, 7) is 13.0. The second-order valence-corrected chi connectivity index (χ2v) is 9.80. The van der Waals surface area contributed by atoms with Gasteiger partial charge in [0.1, 0.15) is 11.5 Å². The summed E-state index contributed by atoms with van der Waals surface area (Å²) in [4.78, 5) is 17.6. The smallest absolute Gasteiger partial charge is 0.232 e. The van der Waals surface area contributed by atoms with Gasteiger partial charge in [0.2, 0.25) is 5.78 Å². The topological polar surface area (TPSA) is 53.0 Å². The highest BCUT2D eigenvalue weighted by Crippen LogP contribution is 2.42. The summed E-state index contributed by atoms with van der Waals surface area (Å²) in [6.07, 6.45) is 1.78. The summed E-state index contributed by atoms with van der Waals surface area (Å²) in [5, 5.41) is 10.8. The van der Waals surface area contributed by atoms with Crippen molar-refractivity contribution in [2.75, 3.05) is 32.1 Å². The lowest BCUT2D eigenvalue weighted by Crippen LogP contribution is -2.31. The van der Waals surface area contributed by atoms with Crippen molar-refractivity contribution in [1.82, 2.24) is 4.90 Å². The zero-order chi connectivity index (χ0) is 23.6. The SMILES string of the molecule is Cc1cc(O)c(CN(CC(C)C)CC(C)C)c2c1C(=O)/C(=C\c1ccc(N(C)C)cc1)O2. The number of Topliss-reactive ketones (excluding diaryl/α,β-unsaturated/α-hetero) is 1. The van der Waals surface area contributed by atoms with Gasteiger partial charge < -0.3 is 14.7 Å². The Morgan fingerprint density at radius 3 is 2.16 bits per heavy atom. The number of anilines is 1. The molecule has 172 valence electrons. The number of rotatable bonds is 8. The largest absolute Gasteiger partial charge is 0.507 e. The van der Waals surface area contributed by atoms with Crippen LogP contribution >= 0.6 is 0 Å². The highest BCUT2D eigenvalue weighted by Gasteiger charge is 2.33. The van der Waals surface area contributed by atoms with Crippen LogP contribution in [0.15, 0.2) is 36.1 Å². The third-order valence-corrected chi connectivity index (χ3v) is 5.56. The quantitative estimate of drug-likeness (QED) is 0.554. The molecule has 5 heteroatoms. The molecule has 0 fully saturated rings. The van der Waals surface area contributed by atoms with Crippen molar-refractivity contribution < 1.29 is 14.6 Å². The first-order valence-electron chi connectivity index (χ1n) is 11.4. The molecule has 0 aromatic heterocycles. The van der Waals surface area contributed by atoms with Crippen molar-refractivity contribution in [3.63, 3.8) is 0 Å². The van der Waals surface area contributed by atoms with Crippen molar-refractivity contribution in [2.24, 2.45) is 11.8 Å². The summed E-state index contributed by atoms with van der Waals surface area (Å²) in [5.41, 5.74) is 3.97. The lowest BCUT2D eigenvalue weighted by atomic mass is 9.98. The zero-order valence-corrected chi connectivity index (χ0v) is 20.4. The van der Waals surface area contributed by atoms with E-state index in [1.807, 2.05) is 50.2 Å². The third kappa shape index (κ3) is 5.33. The van der Waals surface area contributed by atoms with E-state index in [1.54, 1.807) is 12.1 Å². The van der Waals surface area contributed by atoms with Crippen LogP contribution in [0.1, 0.15) is 54.7 Å². The molecule has 1 heterocycles. The lowest BCUT2D eigenvalue weighted by molar-refractivity contribution is 0.101. The summed E-state index contributed by atoms with van der Waals surface area (Å²) >= 11 is 0. The Morgan fingerprint density at radius 1 is 1.03 bits per heavy atom. The van der Waals surface area contributed by atoms with Crippen LogP contribution in [0.3, 0.4) is 0 Å². The van der Waals surface area contributed by atoms with Gasteiger partial charge in [-0.05, 0) is 54.2 Å². The average Bonchev–Trinajstić information content (AvgIpc) is 3.01. The lowest BCUT2D eigenvalue weighted by Gasteiger charge is -2.27. The van der Waals surface area contributed by atoms with Gasteiger partial charge in [0.05, 0.1) is 11.1 Å². The maximum atomic E-state index is 13.2. The van der Waals surface area contributed by atoms with E-state index in [2.05, 4.69) is 32.6 Å². The molecule has 1 N–H and O–H groups in total. The Kier molecular flexibility index (Phi) is 7.29. The van der Waals surface area contributed by atoms with E-state index in [1.165, 1.54) is 0 Å². The number of ether oxygens (including phenoxy) is 1. The van der Waals surface area contributed by atoms with Crippen molar-refractivity contribution in [3.8, 4) is 11.5 Å². The van der Waals surface area contributed by atoms with Crippen LogP contribution in [0, 0.1) is 18.8 Å². The van der Waals surface area contributed by atoms with Gasteiger partial charge in [0, 0.05) is 39.4 Å². The maximum absolute atomic E-state index is 13.2. The molecule has 0 unspecified atom stereocenters. The van der Waals surface area contributed by atoms with E-state index in [0.717, 1.165) is 29.9 Å². The van der Waals surface area contributed by atoms with Crippen LogP contribution in [-0.2, 0) is 6.54 Å². The Labute approximate surface area is 192 Å². The molecule has 0 radical (unpaired) electrons. The maximum Gasteiger partial charge on any atom is 0.232 e. The van der Waals surface area contributed by atoms with E-state index in [0.29, 0.717) is 41.0 Å². The molecule has 0 aliphatic carbocycles. The Hall–Kier alpha value is -2.79. The molecule has 0 amide bonds. The van der Waals surface area contributed by atoms with Crippen LogP contribution in [0.2, 0.25) is 0 Å². The normalized spacial score (nSPS) is 14.6. The monoisotopic (exact) mass is 436 g/mol. The molecule has 0 saturated carbocycles.